The minimum absolute atomic E-state index is 0.0412. The molecule has 2 aromatic carbocycles. The first kappa shape index (κ1) is 21.9. The lowest BCUT2D eigenvalue weighted by Crippen LogP contribution is -2.41. The number of aromatic hydroxyl groups is 1. The fraction of sp³-hybridized carbons (Fsp3) is 0.261. The van der Waals surface area contributed by atoms with Crippen LogP contribution in [-0.4, -0.2) is 41.6 Å². The Morgan fingerprint density at radius 3 is 2.55 bits per heavy atom. The zero-order chi connectivity index (χ0) is 22.1. The summed E-state index contributed by atoms with van der Waals surface area (Å²) in [7, 11) is 0. The van der Waals surface area contributed by atoms with Gasteiger partial charge in [0.15, 0.2) is 5.96 Å². The van der Waals surface area contributed by atoms with Crippen molar-refractivity contribution < 1.29 is 14.3 Å². The largest absolute Gasteiger partial charge is 0.507 e. The number of guanidine groups is 1. The highest BCUT2D eigenvalue weighted by Crippen LogP contribution is 2.19. The molecular formula is C23H27N5O3. The molecule has 0 bridgehead atoms. The first-order chi connectivity index (χ1) is 15.1. The molecule has 0 aliphatic carbocycles. The Labute approximate surface area is 181 Å². The van der Waals surface area contributed by atoms with Crippen LogP contribution in [0.15, 0.2) is 64.2 Å². The Balaban J connectivity index is 1.50. The van der Waals surface area contributed by atoms with Gasteiger partial charge in [-0.25, -0.2) is 9.98 Å². The van der Waals surface area contributed by atoms with E-state index in [0.29, 0.717) is 38.0 Å². The first-order valence-corrected chi connectivity index (χ1v) is 10.2. The summed E-state index contributed by atoms with van der Waals surface area (Å²) in [6, 6.07) is 14.4. The number of oxazole rings is 1. The summed E-state index contributed by atoms with van der Waals surface area (Å²) in [5, 5.41) is 18.8. The Bertz CT molecular complexity index is 1030. The molecule has 3 aromatic rings. The van der Waals surface area contributed by atoms with E-state index >= 15 is 0 Å². The SMILES string of the molecule is CCNC(=NCc1coc(-c2ccc(C)cc2)n1)NCCNC(=O)c1ccccc1O. The number of hydrogen-bond donors (Lipinski definition) is 4. The molecule has 0 fully saturated rings. The third-order valence-electron chi connectivity index (χ3n) is 4.45. The Morgan fingerprint density at radius 2 is 1.81 bits per heavy atom. The molecule has 31 heavy (non-hydrogen) atoms. The second-order valence-electron chi connectivity index (χ2n) is 6.91. The van der Waals surface area contributed by atoms with Crippen LogP contribution >= 0.6 is 0 Å². The average molecular weight is 422 g/mol. The van der Waals surface area contributed by atoms with E-state index in [2.05, 4.69) is 25.9 Å². The lowest BCUT2D eigenvalue weighted by molar-refractivity contribution is 0.0951. The second kappa shape index (κ2) is 10.8. The molecule has 1 amide bonds. The number of rotatable bonds is 8. The summed E-state index contributed by atoms with van der Waals surface area (Å²) < 4.78 is 5.57. The van der Waals surface area contributed by atoms with Gasteiger partial charge in [0.25, 0.3) is 5.91 Å². The van der Waals surface area contributed by atoms with Gasteiger partial charge in [-0.3, -0.25) is 4.79 Å². The molecule has 0 atom stereocenters. The molecule has 4 N–H and O–H groups in total. The Morgan fingerprint density at radius 1 is 1.06 bits per heavy atom. The zero-order valence-electron chi connectivity index (χ0n) is 17.7. The minimum Gasteiger partial charge on any atom is -0.507 e. The van der Waals surface area contributed by atoms with Gasteiger partial charge in [-0.15, -0.1) is 0 Å². The lowest BCUT2D eigenvalue weighted by Gasteiger charge is -2.12. The van der Waals surface area contributed by atoms with Crippen LogP contribution < -0.4 is 16.0 Å². The number of carbonyl (C=O) groups is 1. The average Bonchev–Trinajstić information content (AvgIpc) is 3.24. The number of nitrogens with zero attached hydrogens (tertiary/aromatic N) is 2. The maximum absolute atomic E-state index is 12.1. The van der Waals surface area contributed by atoms with Crippen LogP contribution in [-0.2, 0) is 6.54 Å². The van der Waals surface area contributed by atoms with Crippen molar-refractivity contribution in [1.82, 2.24) is 20.9 Å². The molecule has 0 saturated carbocycles. The third kappa shape index (κ3) is 6.33. The van der Waals surface area contributed by atoms with Gasteiger partial charge in [-0.05, 0) is 38.1 Å². The van der Waals surface area contributed by atoms with Crippen molar-refractivity contribution in [3.8, 4) is 17.2 Å². The maximum atomic E-state index is 12.1. The van der Waals surface area contributed by atoms with E-state index in [0.717, 1.165) is 11.3 Å². The molecule has 1 heterocycles. The van der Waals surface area contributed by atoms with Crippen LogP contribution in [0, 0.1) is 6.92 Å². The number of nitrogens with one attached hydrogen (secondary N) is 3. The number of benzene rings is 2. The number of phenolic OH excluding ortho intramolecular Hbond substituents is 1. The van der Waals surface area contributed by atoms with E-state index in [1.54, 1.807) is 24.5 Å². The van der Waals surface area contributed by atoms with Crippen molar-refractivity contribution in [3.63, 3.8) is 0 Å². The van der Waals surface area contributed by atoms with E-state index in [9.17, 15) is 9.90 Å². The topological polar surface area (TPSA) is 112 Å². The van der Waals surface area contributed by atoms with Crippen LogP contribution in [0.2, 0.25) is 0 Å². The van der Waals surface area contributed by atoms with Crippen molar-refractivity contribution in [3.05, 3.63) is 71.6 Å². The van der Waals surface area contributed by atoms with Gasteiger partial charge in [0.05, 0.1) is 12.1 Å². The quantitative estimate of drug-likeness (QED) is 0.253. The normalized spacial score (nSPS) is 11.2. The molecule has 8 heteroatoms. The number of hydrogen-bond acceptors (Lipinski definition) is 5. The summed E-state index contributed by atoms with van der Waals surface area (Å²) in [5.41, 5.74) is 3.07. The van der Waals surface area contributed by atoms with Gasteiger partial charge in [0, 0.05) is 25.2 Å². The van der Waals surface area contributed by atoms with Crippen LogP contribution in [0.25, 0.3) is 11.5 Å². The van der Waals surface area contributed by atoms with Crippen molar-refractivity contribution in [1.29, 1.82) is 0 Å². The maximum Gasteiger partial charge on any atom is 0.255 e. The van der Waals surface area contributed by atoms with Crippen molar-refractivity contribution in [2.45, 2.75) is 20.4 Å². The third-order valence-corrected chi connectivity index (χ3v) is 4.45. The van der Waals surface area contributed by atoms with Crippen molar-refractivity contribution in [2.75, 3.05) is 19.6 Å². The van der Waals surface area contributed by atoms with E-state index < -0.39 is 0 Å². The number of aryl methyl sites for hydroxylation is 1. The molecule has 8 nitrogen and oxygen atoms in total. The predicted molar refractivity (Wildman–Crippen MR) is 120 cm³/mol. The van der Waals surface area contributed by atoms with Gasteiger partial charge in [0.1, 0.15) is 17.7 Å². The standard InChI is InChI=1S/C23H27N5O3/c1-3-24-23(26-13-12-25-21(30)19-6-4-5-7-20(19)29)27-14-18-15-31-22(28-18)17-10-8-16(2)9-11-17/h4-11,15,29H,3,12-14H2,1-2H3,(H,25,30)(H2,24,26,27). The smallest absolute Gasteiger partial charge is 0.255 e. The van der Waals surface area contributed by atoms with E-state index in [1.807, 2.05) is 38.1 Å². The van der Waals surface area contributed by atoms with Crippen molar-refractivity contribution >= 4 is 11.9 Å². The molecule has 162 valence electrons. The molecule has 0 unspecified atom stereocenters. The highest BCUT2D eigenvalue weighted by Gasteiger charge is 2.09. The van der Waals surface area contributed by atoms with E-state index in [1.165, 1.54) is 11.6 Å². The molecular weight excluding hydrogens is 394 g/mol. The monoisotopic (exact) mass is 421 g/mol. The molecule has 0 aliphatic heterocycles. The van der Waals surface area contributed by atoms with Gasteiger partial charge in [-0.1, -0.05) is 29.8 Å². The number of carbonyl (C=O) groups excluding carboxylic acids is 1. The van der Waals surface area contributed by atoms with Gasteiger partial charge < -0.3 is 25.5 Å². The van der Waals surface area contributed by atoms with Crippen LogP contribution in [0.1, 0.15) is 28.5 Å². The van der Waals surface area contributed by atoms with E-state index in [-0.39, 0.29) is 17.2 Å². The Kier molecular flexibility index (Phi) is 7.64. The number of para-hydroxylation sites is 1. The molecule has 0 spiro atoms. The number of aliphatic imine (C=N–C) groups is 1. The second-order valence-corrected chi connectivity index (χ2v) is 6.91. The van der Waals surface area contributed by atoms with Gasteiger partial charge in [-0.2, -0.15) is 0 Å². The summed E-state index contributed by atoms with van der Waals surface area (Å²) >= 11 is 0. The van der Waals surface area contributed by atoms with Crippen molar-refractivity contribution in [2.24, 2.45) is 4.99 Å². The zero-order valence-corrected chi connectivity index (χ0v) is 17.7. The van der Waals surface area contributed by atoms with Crippen LogP contribution in [0.4, 0.5) is 0 Å². The molecule has 0 aliphatic rings. The summed E-state index contributed by atoms with van der Waals surface area (Å²) in [5.74, 6) is 0.808. The predicted octanol–water partition coefficient (Wildman–Crippen LogP) is 2.84. The molecule has 1 aromatic heterocycles. The minimum atomic E-state index is -0.326. The highest BCUT2D eigenvalue weighted by atomic mass is 16.3. The highest BCUT2D eigenvalue weighted by molar-refractivity contribution is 5.96. The van der Waals surface area contributed by atoms with Crippen LogP contribution in [0.3, 0.4) is 0 Å². The summed E-state index contributed by atoms with van der Waals surface area (Å²) in [6.45, 7) is 5.91. The Hall–Kier alpha value is -3.81. The number of phenols is 1. The van der Waals surface area contributed by atoms with E-state index in [4.69, 9.17) is 4.42 Å². The van der Waals surface area contributed by atoms with Gasteiger partial charge in [0.2, 0.25) is 5.89 Å². The number of amides is 1. The fourth-order valence-corrected chi connectivity index (χ4v) is 2.83. The number of aromatic nitrogens is 1. The molecule has 3 rings (SSSR count). The van der Waals surface area contributed by atoms with Crippen LogP contribution in [0.5, 0.6) is 5.75 Å². The fourth-order valence-electron chi connectivity index (χ4n) is 2.83. The van der Waals surface area contributed by atoms with Gasteiger partial charge >= 0.3 is 0 Å². The molecule has 0 radical (unpaired) electrons. The lowest BCUT2D eigenvalue weighted by atomic mass is 10.1. The summed E-state index contributed by atoms with van der Waals surface area (Å²) in [6.07, 6.45) is 1.61. The first-order valence-electron chi connectivity index (χ1n) is 10.2. The molecule has 0 saturated heterocycles. The summed E-state index contributed by atoms with van der Waals surface area (Å²) in [4.78, 5) is 21.1.